The number of unbranched alkanes of at least 4 members (excludes halogenated alkanes) is 3. The van der Waals surface area contributed by atoms with Crippen LogP contribution in [0.4, 0.5) is 0 Å². The minimum atomic E-state index is -3.02. The highest BCUT2D eigenvalue weighted by Crippen LogP contribution is 2.13. The second-order valence-electron chi connectivity index (χ2n) is 5.80. The van der Waals surface area contributed by atoms with E-state index in [1.54, 1.807) is 0 Å². The van der Waals surface area contributed by atoms with E-state index in [1.165, 1.54) is 25.7 Å². The lowest BCUT2D eigenvalue weighted by atomic mass is 10.0. The summed E-state index contributed by atoms with van der Waals surface area (Å²) in [4.78, 5) is 0. The number of hydrogen-bond donors (Lipinski definition) is 2. The second kappa shape index (κ2) is 7.46. The Bertz CT molecular complexity index is 327. The van der Waals surface area contributed by atoms with Crippen LogP contribution in [0.15, 0.2) is 0 Å². The summed E-state index contributed by atoms with van der Waals surface area (Å²) in [6.07, 6.45) is 5.31. The Morgan fingerprint density at radius 3 is 2.39 bits per heavy atom. The van der Waals surface area contributed by atoms with Crippen molar-refractivity contribution in [2.24, 2.45) is 5.92 Å². The van der Waals surface area contributed by atoms with Gasteiger partial charge in [-0.05, 0) is 18.9 Å². The van der Waals surface area contributed by atoms with Crippen LogP contribution < -0.4 is 5.32 Å². The number of aliphatic hydroxyl groups excluding tert-OH is 1. The molecule has 1 rings (SSSR count). The van der Waals surface area contributed by atoms with Crippen LogP contribution in [-0.4, -0.2) is 43.7 Å². The van der Waals surface area contributed by atoms with Gasteiger partial charge in [-0.25, -0.2) is 8.42 Å². The minimum Gasteiger partial charge on any atom is -0.390 e. The highest BCUT2D eigenvalue weighted by atomic mass is 32.2. The van der Waals surface area contributed by atoms with Gasteiger partial charge >= 0.3 is 0 Å². The molecule has 1 fully saturated rings. The molecule has 1 heterocycles. The number of sulfone groups is 1. The highest BCUT2D eigenvalue weighted by molar-refractivity contribution is 7.91. The fourth-order valence-corrected chi connectivity index (χ4v) is 4.12. The zero-order valence-electron chi connectivity index (χ0n) is 11.6. The summed E-state index contributed by atoms with van der Waals surface area (Å²) in [6, 6.07) is -0.259. The Balaban J connectivity index is 2.02. The third-order valence-corrected chi connectivity index (χ3v) is 5.15. The first-order chi connectivity index (χ1) is 8.41. The molecule has 0 bridgehead atoms. The predicted octanol–water partition coefficient (Wildman–Crippen LogP) is 1.34. The lowest BCUT2D eigenvalue weighted by Gasteiger charge is -2.14. The van der Waals surface area contributed by atoms with Crippen LogP contribution in [0.1, 0.15) is 46.0 Å². The van der Waals surface area contributed by atoms with Gasteiger partial charge in [-0.3, -0.25) is 0 Å². The Kier molecular flexibility index (Phi) is 6.60. The summed E-state index contributed by atoms with van der Waals surface area (Å²) in [6.45, 7) is 5.28. The van der Waals surface area contributed by atoms with Gasteiger partial charge in [-0.1, -0.05) is 39.5 Å². The zero-order chi connectivity index (χ0) is 13.6. The van der Waals surface area contributed by atoms with Gasteiger partial charge in [0.05, 0.1) is 17.6 Å². The van der Waals surface area contributed by atoms with Crippen molar-refractivity contribution < 1.29 is 13.5 Å². The van der Waals surface area contributed by atoms with E-state index in [2.05, 4.69) is 19.2 Å². The van der Waals surface area contributed by atoms with Gasteiger partial charge in [-0.15, -0.1) is 0 Å². The smallest absolute Gasteiger partial charge is 0.154 e. The van der Waals surface area contributed by atoms with E-state index in [9.17, 15) is 13.5 Å². The molecule has 2 N–H and O–H groups in total. The zero-order valence-corrected chi connectivity index (χ0v) is 12.4. The van der Waals surface area contributed by atoms with Crippen LogP contribution >= 0.6 is 0 Å². The molecule has 0 aliphatic carbocycles. The van der Waals surface area contributed by atoms with Crippen LogP contribution in [0, 0.1) is 5.92 Å². The minimum absolute atomic E-state index is 0.0843. The molecule has 0 amide bonds. The molecule has 0 saturated carbocycles. The van der Waals surface area contributed by atoms with Gasteiger partial charge in [0, 0.05) is 6.04 Å². The van der Waals surface area contributed by atoms with Crippen molar-refractivity contribution in [1.82, 2.24) is 5.32 Å². The topological polar surface area (TPSA) is 66.4 Å². The second-order valence-corrected chi connectivity index (χ2v) is 7.96. The fourth-order valence-electron chi connectivity index (χ4n) is 2.34. The quantitative estimate of drug-likeness (QED) is 0.657. The van der Waals surface area contributed by atoms with Crippen LogP contribution in [0.25, 0.3) is 0 Å². The molecule has 2 atom stereocenters. The molecule has 1 aliphatic rings. The predicted molar refractivity (Wildman–Crippen MR) is 74.4 cm³/mol. The Morgan fingerprint density at radius 2 is 1.83 bits per heavy atom. The summed E-state index contributed by atoms with van der Waals surface area (Å²) in [5.41, 5.74) is 0. The molecule has 5 heteroatoms. The molecule has 0 aromatic heterocycles. The van der Waals surface area contributed by atoms with Crippen molar-refractivity contribution in [1.29, 1.82) is 0 Å². The molecule has 0 aromatic rings. The third-order valence-electron chi connectivity index (χ3n) is 3.44. The number of rotatable bonds is 8. The van der Waals surface area contributed by atoms with Gasteiger partial charge in [0.2, 0.25) is 0 Å². The van der Waals surface area contributed by atoms with Crippen molar-refractivity contribution in [3.63, 3.8) is 0 Å². The number of hydrogen-bond acceptors (Lipinski definition) is 4. The van der Waals surface area contributed by atoms with Crippen molar-refractivity contribution in [2.45, 2.75) is 58.1 Å². The van der Waals surface area contributed by atoms with Crippen molar-refractivity contribution in [3.05, 3.63) is 0 Å². The summed E-state index contributed by atoms with van der Waals surface area (Å²) in [5, 5.41) is 12.7. The monoisotopic (exact) mass is 277 g/mol. The first-order valence-electron chi connectivity index (χ1n) is 7.02. The van der Waals surface area contributed by atoms with Crippen molar-refractivity contribution in [2.75, 3.05) is 18.1 Å². The largest absolute Gasteiger partial charge is 0.390 e. The number of aliphatic hydroxyl groups is 1. The normalized spacial score (nSPS) is 26.9. The summed E-state index contributed by atoms with van der Waals surface area (Å²) >= 11 is 0. The molecule has 18 heavy (non-hydrogen) atoms. The maximum Gasteiger partial charge on any atom is 0.154 e. The lowest BCUT2D eigenvalue weighted by molar-refractivity contribution is 0.166. The van der Waals surface area contributed by atoms with E-state index >= 15 is 0 Å². The molecule has 0 aromatic carbocycles. The van der Waals surface area contributed by atoms with E-state index in [0.29, 0.717) is 0 Å². The maximum absolute atomic E-state index is 11.3. The van der Waals surface area contributed by atoms with E-state index in [-0.39, 0.29) is 17.5 Å². The van der Waals surface area contributed by atoms with Crippen LogP contribution in [0.3, 0.4) is 0 Å². The van der Waals surface area contributed by atoms with Gasteiger partial charge in [0.1, 0.15) is 0 Å². The van der Waals surface area contributed by atoms with Crippen molar-refractivity contribution in [3.8, 4) is 0 Å². The first kappa shape index (κ1) is 15.9. The molecular formula is C13H27NO3S. The third kappa shape index (κ3) is 6.16. The molecule has 2 unspecified atom stereocenters. The summed E-state index contributed by atoms with van der Waals surface area (Å²) in [7, 11) is -3.02. The van der Waals surface area contributed by atoms with E-state index < -0.39 is 15.9 Å². The molecule has 4 nitrogen and oxygen atoms in total. The van der Waals surface area contributed by atoms with Gasteiger partial charge < -0.3 is 10.4 Å². The molecule has 108 valence electrons. The van der Waals surface area contributed by atoms with E-state index in [0.717, 1.165) is 18.9 Å². The Labute approximate surface area is 111 Å². The highest BCUT2D eigenvalue weighted by Gasteiger charge is 2.35. The summed E-state index contributed by atoms with van der Waals surface area (Å²) in [5.74, 6) is 0.780. The molecule has 0 radical (unpaired) electrons. The standard InChI is InChI=1S/C13H27NO3S/c1-11(2)7-5-3-4-6-8-14-12-9-18(16,17)10-13(12)15/h11-15H,3-10H2,1-2H3. The fraction of sp³-hybridized carbons (Fsp3) is 1.00. The summed E-state index contributed by atoms with van der Waals surface area (Å²) < 4.78 is 22.6. The Hall–Kier alpha value is -0.130. The maximum atomic E-state index is 11.3. The van der Waals surface area contributed by atoms with Crippen molar-refractivity contribution >= 4 is 9.84 Å². The average molecular weight is 277 g/mol. The Morgan fingerprint density at radius 1 is 1.17 bits per heavy atom. The lowest BCUT2D eigenvalue weighted by Crippen LogP contribution is -2.39. The average Bonchev–Trinajstić information content (AvgIpc) is 2.50. The SMILES string of the molecule is CC(C)CCCCCCNC1CS(=O)(=O)CC1O. The van der Waals surface area contributed by atoms with Gasteiger partial charge in [0.25, 0.3) is 0 Å². The molecule has 1 aliphatic heterocycles. The number of nitrogens with one attached hydrogen (secondary N) is 1. The molecule has 1 saturated heterocycles. The van der Waals surface area contributed by atoms with E-state index in [1.807, 2.05) is 0 Å². The van der Waals surface area contributed by atoms with Crippen LogP contribution in [0.5, 0.6) is 0 Å². The van der Waals surface area contributed by atoms with Crippen LogP contribution in [0.2, 0.25) is 0 Å². The molecule has 0 spiro atoms. The van der Waals surface area contributed by atoms with Gasteiger partial charge in [0.15, 0.2) is 9.84 Å². The molecular weight excluding hydrogens is 250 g/mol. The van der Waals surface area contributed by atoms with Gasteiger partial charge in [-0.2, -0.15) is 0 Å². The first-order valence-corrected chi connectivity index (χ1v) is 8.85. The van der Waals surface area contributed by atoms with Crippen LogP contribution in [-0.2, 0) is 9.84 Å². The van der Waals surface area contributed by atoms with E-state index in [4.69, 9.17) is 0 Å².